The number of fused-ring (bicyclic) bond motifs is 1. The lowest BCUT2D eigenvalue weighted by Gasteiger charge is -2.49. The van der Waals surface area contributed by atoms with Gasteiger partial charge in [0.25, 0.3) is 11.8 Å². The van der Waals surface area contributed by atoms with Crippen LogP contribution in [0.1, 0.15) is 43.8 Å². The number of thioether (sulfide) groups is 1. The lowest BCUT2D eigenvalue weighted by molar-refractivity contribution is -0.160. The van der Waals surface area contributed by atoms with Crippen LogP contribution in [0.15, 0.2) is 102 Å². The standard InChI is InChI=1S/C34H34N6O7S/c1-5-20-19-48-32-26(38-30(42)25(29-36-17-16-23(35)37-29)39-45-18-24(41)47-34(2,3)4)31(43)40(32)27(20)33(44)46-28(21-12-8-6-9-13-21)22-14-10-7-11-15-22/h5-17,26,28,32H,1,18-19H2,2-4H3,(H,38,42)(H2,35,36,37)/t26?,32-/m1/s1. The number of benzene rings is 2. The van der Waals surface area contributed by atoms with Crippen molar-refractivity contribution < 1.29 is 33.5 Å². The monoisotopic (exact) mass is 670 g/mol. The summed E-state index contributed by atoms with van der Waals surface area (Å²) >= 11 is 1.34. The number of nitrogens with zero attached hydrogens (tertiary/aromatic N) is 4. The molecule has 48 heavy (non-hydrogen) atoms. The minimum atomic E-state index is -1.05. The van der Waals surface area contributed by atoms with Crippen molar-refractivity contribution in [3.63, 3.8) is 0 Å². The molecule has 5 rings (SSSR count). The molecule has 3 N–H and O–H groups in total. The maximum absolute atomic E-state index is 13.9. The van der Waals surface area contributed by atoms with Crippen LogP contribution in [0.25, 0.3) is 0 Å². The van der Waals surface area contributed by atoms with E-state index in [9.17, 15) is 19.2 Å². The number of hydrogen-bond acceptors (Lipinski definition) is 12. The Kier molecular flexibility index (Phi) is 10.2. The number of nitrogen functional groups attached to an aromatic ring is 1. The van der Waals surface area contributed by atoms with E-state index in [0.717, 1.165) is 11.1 Å². The number of esters is 2. The first-order valence-corrected chi connectivity index (χ1v) is 15.9. The maximum Gasteiger partial charge on any atom is 0.356 e. The lowest BCUT2D eigenvalue weighted by atomic mass is 10.0. The molecule has 0 radical (unpaired) electrons. The predicted molar refractivity (Wildman–Crippen MR) is 178 cm³/mol. The molecule has 0 saturated carbocycles. The summed E-state index contributed by atoms with van der Waals surface area (Å²) in [5.41, 5.74) is 6.69. The van der Waals surface area contributed by atoms with Crippen molar-refractivity contribution in [3.8, 4) is 0 Å². The van der Waals surface area contributed by atoms with Crippen LogP contribution in [0.4, 0.5) is 5.82 Å². The SMILES string of the molecule is C=CC1=C(C(=O)OC(c2ccccc2)c2ccccc2)N2C(=O)C(NC(=O)C(=NOCC(=O)OC(C)(C)C)c3nccc(N)n3)[C@H]2SC1. The van der Waals surface area contributed by atoms with E-state index in [1.165, 1.54) is 35.0 Å². The van der Waals surface area contributed by atoms with E-state index in [4.69, 9.17) is 20.0 Å². The summed E-state index contributed by atoms with van der Waals surface area (Å²) < 4.78 is 11.3. The first kappa shape index (κ1) is 33.9. The maximum atomic E-state index is 13.9. The van der Waals surface area contributed by atoms with Crippen molar-refractivity contribution in [1.82, 2.24) is 20.2 Å². The van der Waals surface area contributed by atoms with Crippen LogP contribution < -0.4 is 11.1 Å². The number of nitrogens with one attached hydrogen (secondary N) is 1. The van der Waals surface area contributed by atoms with Crippen LogP contribution >= 0.6 is 11.8 Å². The lowest BCUT2D eigenvalue weighted by Crippen LogP contribution is -2.71. The Hall–Kier alpha value is -5.50. The van der Waals surface area contributed by atoms with Crippen LogP contribution in [0.5, 0.6) is 0 Å². The highest BCUT2D eigenvalue weighted by atomic mass is 32.2. The molecule has 2 amide bonds. The van der Waals surface area contributed by atoms with Gasteiger partial charge in [-0.3, -0.25) is 14.5 Å². The summed E-state index contributed by atoms with van der Waals surface area (Å²) in [6.07, 6.45) is 2.10. The Morgan fingerprint density at radius 2 is 1.75 bits per heavy atom. The molecule has 3 aromatic rings. The average Bonchev–Trinajstić information content (AvgIpc) is 3.07. The van der Waals surface area contributed by atoms with Crippen LogP contribution in [0.2, 0.25) is 0 Å². The molecule has 2 atom stereocenters. The fourth-order valence-electron chi connectivity index (χ4n) is 4.94. The summed E-state index contributed by atoms with van der Waals surface area (Å²) in [7, 11) is 0. The number of rotatable bonds is 11. The minimum Gasteiger partial charge on any atom is -0.457 e. The van der Waals surface area contributed by atoms with Gasteiger partial charge in [-0.25, -0.2) is 19.6 Å². The fourth-order valence-corrected chi connectivity index (χ4v) is 6.28. The number of hydrogen-bond donors (Lipinski definition) is 2. The van der Waals surface area contributed by atoms with E-state index in [2.05, 4.69) is 27.0 Å². The number of nitrogens with two attached hydrogens (primary N) is 1. The molecule has 0 spiro atoms. The second kappa shape index (κ2) is 14.5. The molecule has 0 aliphatic carbocycles. The fraction of sp³-hybridized carbons (Fsp3) is 0.265. The summed E-state index contributed by atoms with van der Waals surface area (Å²) in [5.74, 6) is -2.65. The number of carbonyl (C=O) groups is 4. The highest BCUT2D eigenvalue weighted by molar-refractivity contribution is 8.00. The molecule has 2 aromatic carbocycles. The van der Waals surface area contributed by atoms with E-state index in [1.807, 2.05) is 60.7 Å². The van der Waals surface area contributed by atoms with Crippen molar-refractivity contribution in [2.75, 3.05) is 18.1 Å². The molecule has 14 heteroatoms. The van der Waals surface area contributed by atoms with Gasteiger partial charge in [0.15, 0.2) is 11.9 Å². The summed E-state index contributed by atoms with van der Waals surface area (Å²) in [6, 6.07) is 18.9. The second-order valence-electron chi connectivity index (χ2n) is 11.7. The molecule has 3 heterocycles. The van der Waals surface area contributed by atoms with Gasteiger partial charge in [-0.15, -0.1) is 11.8 Å². The third-order valence-electron chi connectivity index (χ3n) is 7.02. The molecule has 248 valence electrons. The molecular weight excluding hydrogens is 636 g/mol. The Morgan fingerprint density at radius 1 is 1.10 bits per heavy atom. The van der Waals surface area contributed by atoms with E-state index < -0.39 is 59.2 Å². The van der Waals surface area contributed by atoms with Gasteiger partial charge in [0, 0.05) is 11.9 Å². The van der Waals surface area contributed by atoms with Crippen molar-refractivity contribution in [1.29, 1.82) is 0 Å². The average molecular weight is 671 g/mol. The van der Waals surface area contributed by atoms with Gasteiger partial charge in [-0.1, -0.05) is 78.5 Å². The zero-order chi connectivity index (χ0) is 34.4. The van der Waals surface area contributed by atoms with Crippen LogP contribution in [0, 0.1) is 0 Å². The van der Waals surface area contributed by atoms with Gasteiger partial charge in [0.05, 0.1) is 0 Å². The molecule has 2 aliphatic heterocycles. The van der Waals surface area contributed by atoms with Crippen LogP contribution in [0.3, 0.4) is 0 Å². The number of β-lactam (4-membered cyclic amide) rings is 1. The van der Waals surface area contributed by atoms with Gasteiger partial charge in [0.1, 0.15) is 28.5 Å². The van der Waals surface area contributed by atoms with Gasteiger partial charge < -0.3 is 25.4 Å². The van der Waals surface area contributed by atoms with E-state index >= 15 is 0 Å². The second-order valence-corrected chi connectivity index (χ2v) is 12.8. The quantitative estimate of drug-likeness (QED) is 0.133. The topological polar surface area (TPSA) is 175 Å². The molecule has 2 aliphatic rings. The number of anilines is 1. The minimum absolute atomic E-state index is 0.0508. The first-order valence-electron chi connectivity index (χ1n) is 14.9. The van der Waals surface area contributed by atoms with Gasteiger partial charge >= 0.3 is 11.9 Å². The zero-order valence-electron chi connectivity index (χ0n) is 26.5. The Morgan fingerprint density at radius 3 is 2.33 bits per heavy atom. The van der Waals surface area contributed by atoms with Gasteiger partial charge in [-0.2, -0.15) is 0 Å². The molecular formula is C34H34N6O7S. The zero-order valence-corrected chi connectivity index (χ0v) is 27.3. The number of aromatic nitrogens is 2. The summed E-state index contributed by atoms with van der Waals surface area (Å²) in [5, 5.41) is 5.80. The number of oxime groups is 1. The van der Waals surface area contributed by atoms with E-state index in [-0.39, 0.29) is 17.3 Å². The molecule has 1 saturated heterocycles. The van der Waals surface area contributed by atoms with E-state index in [1.54, 1.807) is 20.8 Å². The van der Waals surface area contributed by atoms with E-state index in [0.29, 0.717) is 11.3 Å². The van der Waals surface area contributed by atoms with Crippen molar-refractivity contribution in [3.05, 3.63) is 114 Å². The Balaban J connectivity index is 1.35. The molecule has 1 fully saturated rings. The third-order valence-corrected chi connectivity index (χ3v) is 8.32. The van der Waals surface area contributed by atoms with Gasteiger partial charge in [0.2, 0.25) is 12.3 Å². The smallest absolute Gasteiger partial charge is 0.356 e. The van der Waals surface area contributed by atoms with Crippen LogP contribution in [-0.2, 0) is 33.5 Å². The normalized spacial score (nSPS) is 17.6. The highest BCUT2D eigenvalue weighted by Crippen LogP contribution is 2.42. The van der Waals surface area contributed by atoms with Crippen molar-refractivity contribution in [2.45, 2.75) is 43.9 Å². The summed E-state index contributed by atoms with van der Waals surface area (Å²) in [6.45, 7) is 8.32. The molecule has 0 bridgehead atoms. The van der Waals surface area contributed by atoms with Crippen molar-refractivity contribution >= 4 is 47.0 Å². The molecule has 1 aromatic heterocycles. The molecule has 1 unspecified atom stereocenters. The first-order chi connectivity index (χ1) is 23.0. The van der Waals surface area contributed by atoms with Crippen molar-refractivity contribution in [2.24, 2.45) is 5.16 Å². The number of carbonyl (C=O) groups excluding carboxylic acids is 4. The largest absolute Gasteiger partial charge is 0.457 e. The predicted octanol–water partition coefficient (Wildman–Crippen LogP) is 3.29. The van der Waals surface area contributed by atoms with Gasteiger partial charge in [-0.05, 0) is 43.5 Å². The highest BCUT2D eigenvalue weighted by Gasteiger charge is 2.54. The number of amides is 2. The van der Waals surface area contributed by atoms with Crippen LogP contribution in [-0.4, -0.2) is 73.7 Å². The number of ether oxygens (including phenoxy) is 2. The molecule has 13 nitrogen and oxygen atoms in total. The Labute approximate surface area is 281 Å². The Bertz CT molecular complexity index is 1740. The summed E-state index contributed by atoms with van der Waals surface area (Å²) in [4.78, 5) is 67.6. The third kappa shape index (κ3) is 7.72. The number of allylic oxidation sites excluding steroid dienone is 1.